The van der Waals surface area contributed by atoms with Gasteiger partial charge in [0.1, 0.15) is 0 Å². The minimum Gasteiger partial charge on any atom is -0.391 e. The van der Waals surface area contributed by atoms with Gasteiger partial charge >= 0.3 is 0 Å². The van der Waals surface area contributed by atoms with Gasteiger partial charge in [-0.15, -0.1) is 0 Å². The van der Waals surface area contributed by atoms with Crippen molar-refractivity contribution in [1.29, 1.82) is 0 Å². The summed E-state index contributed by atoms with van der Waals surface area (Å²) < 4.78 is 5.62. The summed E-state index contributed by atoms with van der Waals surface area (Å²) in [6.07, 6.45) is 10.4. The minimum absolute atomic E-state index is 0.109. The van der Waals surface area contributed by atoms with Crippen molar-refractivity contribution in [2.45, 2.75) is 83.4 Å². The van der Waals surface area contributed by atoms with Gasteiger partial charge in [-0.1, -0.05) is 32.0 Å². The molecule has 4 heteroatoms. The van der Waals surface area contributed by atoms with Crippen molar-refractivity contribution in [3.8, 4) is 0 Å². The summed E-state index contributed by atoms with van der Waals surface area (Å²) in [6.45, 7) is 8.76. The molecule has 0 aromatic heterocycles. The van der Waals surface area contributed by atoms with Gasteiger partial charge in [0, 0.05) is 37.9 Å². The monoisotopic (exact) mass is 466 g/mol. The van der Waals surface area contributed by atoms with Gasteiger partial charge in [0.15, 0.2) is 0 Å². The molecule has 0 radical (unpaired) electrons. The van der Waals surface area contributed by atoms with Gasteiger partial charge in [0.2, 0.25) is 0 Å². The second kappa shape index (κ2) is 8.78. The third-order valence-electron chi connectivity index (χ3n) is 11.8. The van der Waals surface area contributed by atoms with E-state index in [0.29, 0.717) is 23.4 Å². The van der Waals surface area contributed by atoms with E-state index in [1.54, 1.807) is 0 Å². The van der Waals surface area contributed by atoms with Crippen LogP contribution < -0.4 is 4.90 Å². The van der Waals surface area contributed by atoms with Crippen LogP contribution in [-0.4, -0.2) is 61.5 Å². The number of nitrogens with zero attached hydrogens (tertiary/aromatic N) is 2. The maximum Gasteiger partial charge on any atom is 0.0751 e. The van der Waals surface area contributed by atoms with Crippen molar-refractivity contribution in [2.24, 2.45) is 34.5 Å². The smallest absolute Gasteiger partial charge is 0.0751 e. The number of morpholine rings is 1. The summed E-state index contributed by atoms with van der Waals surface area (Å²) in [5.41, 5.74) is 1.96. The number of hydrogen-bond donors (Lipinski definition) is 1. The average molecular weight is 467 g/mol. The predicted octanol–water partition coefficient (Wildman–Crippen LogP) is 5.21. The van der Waals surface area contributed by atoms with E-state index < -0.39 is 0 Å². The van der Waals surface area contributed by atoms with Crippen molar-refractivity contribution >= 4 is 5.69 Å². The van der Waals surface area contributed by atoms with Gasteiger partial charge in [-0.3, -0.25) is 4.90 Å². The van der Waals surface area contributed by atoms with Crippen molar-refractivity contribution in [3.05, 3.63) is 30.3 Å². The number of ether oxygens (including phenoxy) is 1. The molecule has 5 aliphatic rings. The largest absolute Gasteiger partial charge is 0.391 e. The molecule has 188 valence electrons. The zero-order valence-corrected chi connectivity index (χ0v) is 21.7. The lowest BCUT2D eigenvalue weighted by molar-refractivity contribution is -0.125. The highest BCUT2D eigenvalue weighted by molar-refractivity contribution is 5.46. The molecule has 0 bridgehead atoms. The average Bonchev–Trinajstić information content (AvgIpc) is 3.15. The number of anilines is 1. The summed E-state index contributed by atoms with van der Waals surface area (Å²) in [7, 11) is 2.31. The molecule has 1 aliphatic heterocycles. The summed E-state index contributed by atoms with van der Waals surface area (Å²) in [5, 5.41) is 11.6. The Morgan fingerprint density at radius 2 is 1.65 bits per heavy atom. The molecule has 5 fully saturated rings. The van der Waals surface area contributed by atoms with Crippen molar-refractivity contribution < 1.29 is 9.84 Å². The lowest BCUT2D eigenvalue weighted by Gasteiger charge is -2.61. The molecule has 0 amide bonds. The van der Waals surface area contributed by atoms with E-state index in [0.717, 1.165) is 44.1 Å². The van der Waals surface area contributed by atoms with Crippen molar-refractivity contribution in [2.75, 3.05) is 38.3 Å². The fourth-order valence-corrected chi connectivity index (χ4v) is 9.71. The maximum absolute atomic E-state index is 11.6. The molecule has 1 N–H and O–H groups in total. The van der Waals surface area contributed by atoms with Gasteiger partial charge in [-0.2, -0.15) is 0 Å². The second-order valence-corrected chi connectivity index (χ2v) is 13.0. The Kier molecular flexibility index (Phi) is 6.02. The van der Waals surface area contributed by atoms with Crippen LogP contribution >= 0.6 is 0 Å². The Bertz CT molecular complexity index is 857. The minimum atomic E-state index is -0.169. The number of benzene rings is 1. The number of para-hydroxylation sites is 1. The molecule has 6 rings (SSSR count). The fraction of sp³-hybridized carbons (Fsp3) is 0.800. The van der Waals surface area contributed by atoms with Crippen LogP contribution in [0.2, 0.25) is 0 Å². The van der Waals surface area contributed by atoms with Gasteiger partial charge < -0.3 is 14.7 Å². The molecule has 34 heavy (non-hydrogen) atoms. The molecular formula is C30H46N2O2. The summed E-state index contributed by atoms with van der Waals surface area (Å²) in [6, 6.07) is 12.0. The molecule has 1 saturated heterocycles. The number of hydrogen-bond acceptors (Lipinski definition) is 4. The number of aliphatic hydroxyl groups is 1. The summed E-state index contributed by atoms with van der Waals surface area (Å²) >= 11 is 0. The molecular weight excluding hydrogens is 420 g/mol. The Balaban J connectivity index is 1.19. The van der Waals surface area contributed by atoms with E-state index in [-0.39, 0.29) is 11.5 Å². The van der Waals surface area contributed by atoms with Crippen LogP contribution in [0, 0.1) is 34.5 Å². The van der Waals surface area contributed by atoms with Gasteiger partial charge in [0.25, 0.3) is 0 Å². The maximum atomic E-state index is 11.6. The number of rotatable bonds is 3. The van der Waals surface area contributed by atoms with Crippen LogP contribution in [0.3, 0.4) is 0 Å². The molecule has 0 unspecified atom stereocenters. The number of aliphatic hydroxyl groups excluding tert-OH is 1. The van der Waals surface area contributed by atoms with Crippen molar-refractivity contribution in [3.63, 3.8) is 0 Å². The normalized spacial score (nSPS) is 46.9. The Morgan fingerprint density at radius 3 is 2.41 bits per heavy atom. The van der Waals surface area contributed by atoms with Gasteiger partial charge in [0.05, 0.1) is 19.3 Å². The third kappa shape index (κ3) is 3.58. The first-order valence-electron chi connectivity index (χ1n) is 14.2. The topological polar surface area (TPSA) is 35.9 Å². The molecule has 4 nitrogen and oxygen atoms in total. The summed E-state index contributed by atoms with van der Waals surface area (Å²) in [4.78, 5) is 5.12. The third-order valence-corrected chi connectivity index (χ3v) is 11.8. The van der Waals surface area contributed by atoms with E-state index in [2.05, 4.69) is 61.0 Å². The first-order valence-corrected chi connectivity index (χ1v) is 14.2. The lowest BCUT2D eigenvalue weighted by Crippen LogP contribution is -2.56. The first kappa shape index (κ1) is 23.3. The molecule has 4 aliphatic carbocycles. The quantitative estimate of drug-likeness (QED) is 0.664. The van der Waals surface area contributed by atoms with E-state index in [9.17, 15) is 5.11 Å². The predicted molar refractivity (Wildman–Crippen MR) is 138 cm³/mol. The van der Waals surface area contributed by atoms with Crippen LogP contribution in [0.15, 0.2) is 30.3 Å². The van der Waals surface area contributed by atoms with E-state index >= 15 is 0 Å². The second-order valence-electron chi connectivity index (χ2n) is 13.0. The molecule has 1 aromatic rings. The van der Waals surface area contributed by atoms with Gasteiger partial charge in [-0.05, 0) is 98.0 Å². The standard InChI is InChI=1S/C30H46N2O2/c1-29-13-11-23(31(3)22-7-5-4-6-8-22)19-21(29)9-10-24-25(29)12-14-30(2)26(24)20-27(28(30)33)32-15-17-34-18-16-32/h4-8,21,23-28,33H,9-20H2,1-3H3/t21-,23-,24+,25-,26-,27-,28-,29-,30-/m0/s1. The Hall–Kier alpha value is -1.10. The van der Waals surface area contributed by atoms with Crippen LogP contribution in [0.1, 0.15) is 65.2 Å². The number of fused-ring (bicyclic) bond motifs is 5. The first-order chi connectivity index (χ1) is 16.4. The van der Waals surface area contributed by atoms with E-state index in [4.69, 9.17) is 4.74 Å². The van der Waals surface area contributed by atoms with Crippen molar-refractivity contribution in [1.82, 2.24) is 4.90 Å². The molecule has 0 spiro atoms. The highest BCUT2D eigenvalue weighted by Gasteiger charge is 2.62. The summed E-state index contributed by atoms with van der Waals surface area (Å²) in [5.74, 6) is 3.20. The SMILES string of the molecule is CN(c1ccccc1)[C@H]1CC[C@@]2(C)[C@@H](CC[C@@H]3[C@@H]2CC[C@]2(C)[C@@H](O)[C@@H](N4CCOCC4)C[C@@H]32)C1. The van der Waals surface area contributed by atoms with E-state index in [1.807, 2.05) is 0 Å². The highest BCUT2D eigenvalue weighted by atomic mass is 16.5. The zero-order valence-electron chi connectivity index (χ0n) is 21.7. The fourth-order valence-electron chi connectivity index (χ4n) is 9.71. The molecule has 1 aromatic carbocycles. The van der Waals surface area contributed by atoms with Crippen LogP contribution in [0.25, 0.3) is 0 Å². The van der Waals surface area contributed by atoms with Crippen LogP contribution in [-0.2, 0) is 4.74 Å². The Labute approximate surface area is 207 Å². The Morgan fingerprint density at radius 1 is 0.912 bits per heavy atom. The highest BCUT2D eigenvalue weighted by Crippen LogP contribution is 2.66. The van der Waals surface area contributed by atoms with Gasteiger partial charge in [-0.25, -0.2) is 0 Å². The van der Waals surface area contributed by atoms with Crippen LogP contribution in [0.5, 0.6) is 0 Å². The molecule has 4 saturated carbocycles. The zero-order chi connectivity index (χ0) is 23.5. The van der Waals surface area contributed by atoms with Crippen LogP contribution in [0.4, 0.5) is 5.69 Å². The molecule has 9 atom stereocenters. The molecule has 1 heterocycles. The van der Waals surface area contributed by atoms with E-state index in [1.165, 1.54) is 57.1 Å². The lowest BCUT2D eigenvalue weighted by atomic mass is 9.45.